The van der Waals surface area contributed by atoms with Crippen LogP contribution in [0.15, 0.2) is 72.8 Å². The number of carbonyl (C=O) groups excluding carboxylic acids is 2. The zero-order valence-corrected chi connectivity index (χ0v) is 26.0. The number of fused-ring (bicyclic) bond motifs is 2. The van der Waals surface area contributed by atoms with Crippen molar-refractivity contribution in [1.29, 1.82) is 0 Å². The number of halogens is 6. The molecule has 0 bridgehead atoms. The van der Waals surface area contributed by atoms with E-state index in [0.717, 1.165) is 12.1 Å². The lowest BCUT2D eigenvalue weighted by Crippen LogP contribution is -2.17. The molecule has 0 N–H and O–H groups in total. The summed E-state index contributed by atoms with van der Waals surface area (Å²) in [6.45, 7) is -1.37. The second-order valence-electron chi connectivity index (χ2n) is 10.9. The fourth-order valence-corrected chi connectivity index (χ4v) is 5.81. The minimum absolute atomic E-state index is 0.118. The number of carbonyl (C=O) groups is 2. The average Bonchev–Trinajstić information content (AvgIpc) is 3.55. The van der Waals surface area contributed by atoms with E-state index < -0.39 is 43.3 Å². The summed E-state index contributed by atoms with van der Waals surface area (Å²) in [6.07, 6.45) is -0.780. The highest BCUT2D eigenvalue weighted by Gasteiger charge is 2.21. The number of ether oxygens (including phenoxy) is 1. The maximum absolute atomic E-state index is 14.4. The summed E-state index contributed by atoms with van der Waals surface area (Å²) in [6, 6.07) is 17.6. The smallest absolute Gasteiger partial charge is 0.319 e. The molecule has 0 spiro atoms. The van der Waals surface area contributed by atoms with Gasteiger partial charge in [-0.3, -0.25) is 19.0 Å². The van der Waals surface area contributed by atoms with E-state index in [1.165, 1.54) is 22.9 Å². The number of esters is 2. The van der Waals surface area contributed by atoms with E-state index in [4.69, 9.17) is 27.9 Å². The van der Waals surface area contributed by atoms with E-state index in [0.29, 0.717) is 54.2 Å². The largest absolute Gasteiger partial charge is 0.393 e. The average molecular weight is 683 g/mol. The van der Waals surface area contributed by atoms with Crippen molar-refractivity contribution in [3.05, 3.63) is 128 Å². The quantitative estimate of drug-likeness (QED) is 0.0835. The van der Waals surface area contributed by atoms with Crippen molar-refractivity contribution < 1.29 is 31.9 Å². The van der Waals surface area contributed by atoms with Gasteiger partial charge in [-0.2, -0.15) is 10.2 Å². The number of aromatic nitrogens is 4. The Morgan fingerprint density at radius 1 is 0.681 bits per heavy atom. The minimum Gasteiger partial charge on any atom is -0.393 e. The van der Waals surface area contributed by atoms with Crippen LogP contribution in [0.25, 0.3) is 21.8 Å². The van der Waals surface area contributed by atoms with Gasteiger partial charge in [0.15, 0.2) is 0 Å². The molecule has 7 nitrogen and oxygen atoms in total. The molecule has 0 aliphatic heterocycles. The Hall–Kier alpha value is -4.74. The molecular weight excluding hydrogens is 659 g/mol. The van der Waals surface area contributed by atoms with Crippen LogP contribution < -0.4 is 0 Å². The minimum atomic E-state index is -0.902. The van der Waals surface area contributed by atoms with Gasteiger partial charge in [0.25, 0.3) is 0 Å². The van der Waals surface area contributed by atoms with Gasteiger partial charge in [0.2, 0.25) is 0 Å². The maximum atomic E-state index is 14.4. The lowest BCUT2D eigenvalue weighted by molar-refractivity contribution is -0.158. The third-order valence-corrected chi connectivity index (χ3v) is 8.20. The van der Waals surface area contributed by atoms with E-state index in [1.54, 1.807) is 47.1 Å². The van der Waals surface area contributed by atoms with Crippen molar-refractivity contribution in [2.24, 2.45) is 0 Å². The molecule has 0 fully saturated rings. The Morgan fingerprint density at radius 2 is 1.21 bits per heavy atom. The number of alkyl halides is 2. The molecule has 2 aromatic heterocycles. The molecule has 6 aromatic rings. The first-order valence-electron chi connectivity index (χ1n) is 14.3. The van der Waals surface area contributed by atoms with Gasteiger partial charge in [-0.15, -0.1) is 0 Å². The van der Waals surface area contributed by atoms with E-state index in [2.05, 4.69) is 10.2 Å². The zero-order chi connectivity index (χ0) is 33.2. The predicted molar refractivity (Wildman–Crippen MR) is 169 cm³/mol. The predicted octanol–water partition coefficient (Wildman–Crippen LogP) is 7.86. The Labute approximate surface area is 275 Å². The first-order chi connectivity index (χ1) is 22.6. The standard InChI is InChI=1S/C34H24Cl2F4N4O3/c35-23-5-3-21(27(36)11-23)17-43-31-9-19(15-37)1-7-25(31)29(41-43)13-33(45)47-34(46)14-30-26-8-2-20(16-38)10-32(26)44(42-30)18-22-4-6-24(39)12-28(22)40/h1-12H,13-18H2. The zero-order valence-electron chi connectivity index (χ0n) is 24.5. The number of hydrogen-bond acceptors (Lipinski definition) is 5. The summed E-state index contributed by atoms with van der Waals surface area (Å²) in [4.78, 5) is 25.9. The fourth-order valence-electron chi connectivity index (χ4n) is 5.34. The van der Waals surface area contributed by atoms with Gasteiger partial charge in [0.1, 0.15) is 25.0 Å². The Morgan fingerprint density at radius 3 is 1.72 bits per heavy atom. The van der Waals surface area contributed by atoms with Crippen molar-refractivity contribution >= 4 is 56.9 Å². The molecule has 0 unspecified atom stereocenters. The van der Waals surface area contributed by atoms with E-state index in [9.17, 15) is 27.2 Å². The van der Waals surface area contributed by atoms with Gasteiger partial charge < -0.3 is 4.74 Å². The van der Waals surface area contributed by atoms with Crippen LogP contribution in [-0.2, 0) is 53.6 Å². The second-order valence-corrected chi connectivity index (χ2v) is 11.7. The molecule has 0 saturated heterocycles. The third-order valence-electron chi connectivity index (χ3n) is 7.62. The van der Waals surface area contributed by atoms with Crippen LogP contribution in [0.1, 0.15) is 33.6 Å². The van der Waals surface area contributed by atoms with E-state index >= 15 is 0 Å². The van der Waals surface area contributed by atoms with Crippen molar-refractivity contribution in [2.45, 2.75) is 39.3 Å². The molecule has 0 radical (unpaired) electrons. The van der Waals surface area contributed by atoms with Crippen LogP contribution in [0, 0.1) is 11.6 Å². The van der Waals surface area contributed by atoms with Crippen LogP contribution in [0.4, 0.5) is 17.6 Å². The summed E-state index contributed by atoms with van der Waals surface area (Å²) in [7, 11) is 0. The molecule has 13 heteroatoms. The lowest BCUT2D eigenvalue weighted by atomic mass is 10.1. The Balaban J connectivity index is 1.22. The highest BCUT2D eigenvalue weighted by molar-refractivity contribution is 6.35. The Bertz CT molecular complexity index is 2010. The third kappa shape index (κ3) is 7.01. The highest BCUT2D eigenvalue weighted by atomic mass is 35.5. The fraction of sp³-hybridized carbons (Fsp3) is 0.176. The van der Waals surface area contributed by atoms with Gasteiger partial charge in [0, 0.05) is 32.4 Å². The summed E-state index contributed by atoms with van der Waals surface area (Å²) in [5.74, 6) is -3.30. The first kappa shape index (κ1) is 32.2. The molecule has 6 rings (SSSR count). The summed E-state index contributed by atoms with van der Waals surface area (Å²) < 4.78 is 62.9. The van der Waals surface area contributed by atoms with Crippen LogP contribution >= 0.6 is 23.2 Å². The van der Waals surface area contributed by atoms with E-state index in [1.807, 2.05) is 0 Å². The molecule has 47 heavy (non-hydrogen) atoms. The van der Waals surface area contributed by atoms with Crippen molar-refractivity contribution in [3.63, 3.8) is 0 Å². The molecular formula is C34H24Cl2F4N4O3. The van der Waals surface area contributed by atoms with Crippen LogP contribution in [0.2, 0.25) is 10.0 Å². The number of hydrogen-bond donors (Lipinski definition) is 0. The van der Waals surface area contributed by atoms with Crippen molar-refractivity contribution in [3.8, 4) is 0 Å². The van der Waals surface area contributed by atoms with Gasteiger partial charge in [-0.05, 0) is 47.0 Å². The lowest BCUT2D eigenvalue weighted by Gasteiger charge is -2.07. The SMILES string of the molecule is O=C(Cc1nn(Cc2ccc(F)cc2F)c2cc(CF)ccc12)OC(=O)Cc1nn(Cc2ccc(Cl)cc2Cl)c2cc(CF)ccc12. The maximum Gasteiger partial charge on any atom is 0.319 e. The number of nitrogens with zero attached hydrogens (tertiary/aromatic N) is 4. The molecule has 0 saturated carbocycles. The summed E-state index contributed by atoms with van der Waals surface area (Å²) in [5.41, 5.74) is 3.09. The normalized spacial score (nSPS) is 11.4. The molecule has 0 amide bonds. The molecule has 240 valence electrons. The molecule has 0 aliphatic carbocycles. The topological polar surface area (TPSA) is 79.0 Å². The van der Waals surface area contributed by atoms with Crippen molar-refractivity contribution in [1.82, 2.24) is 19.6 Å². The monoisotopic (exact) mass is 682 g/mol. The second kappa shape index (κ2) is 13.5. The van der Waals surface area contributed by atoms with Crippen LogP contribution in [0.3, 0.4) is 0 Å². The van der Waals surface area contributed by atoms with Gasteiger partial charge >= 0.3 is 11.9 Å². The van der Waals surface area contributed by atoms with Crippen LogP contribution in [0.5, 0.6) is 0 Å². The molecule has 4 aromatic carbocycles. The van der Waals surface area contributed by atoms with Gasteiger partial charge in [0.05, 0.1) is 48.4 Å². The molecule has 2 heterocycles. The van der Waals surface area contributed by atoms with Crippen LogP contribution in [-0.4, -0.2) is 31.5 Å². The van der Waals surface area contributed by atoms with Crippen molar-refractivity contribution in [2.75, 3.05) is 0 Å². The number of rotatable bonds is 10. The van der Waals surface area contributed by atoms with E-state index in [-0.39, 0.29) is 30.8 Å². The van der Waals surface area contributed by atoms with Gasteiger partial charge in [-0.1, -0.05) is 59.6 Å². The molecule has 0 aliphatic rings. The summed E-state index contributed by atoms with van der Waals surface area (Å²) >= 11 is 12.4. The first-order valence-corrected chi connectivity index (χ1v) is 15.1. The summed E-state index contributed by atoms with van der Waals surface area (Å²) in [5, 5.41) is 10.9. The van der Waals surface area contributed by atoms with Gasteiger partial charge in [-0.25, -0.2) is 17.6 Å². The highest BCUT2D eigenvalue weighted by Crippen LogP contribution is 2.27. The Kier molecular flexibility index (Phi) is 9.28. The molecule has 0 atom stereocenters. The number of benzene rings is 4.